The Kier molecular flexibility index (Phi) is 4.28. The minimum atomic E-state index is -0.255. The van der Waals surface area contributed by atoms with E-state index in [2.05, 4.69) is 38.1 Å². The molecule has 0 saturated carbocycles. The number of nitrogens with one attached hydrogen (secondary N) is 1. The predicted molar refractivity (Wildman–Crippen MR) is 125 cm³/mol. The quantitative estimate of drug-likeness (QED) is 0.429. The molecule has 2 aromatic carbocycles. The zero-order chi connectivity index (χ0) is 21.9. The molecule has 6 rings (SSSR count). The maximum Gasteiger partial charge on any atom is 0.190 e. The van der Waals surface area contributed by atoms with Crippen molar-refractivity contribution in [3.8, 4) is 11.1 Å². The summed E-state index contributed by atoms with van der Waals surface area (Å²) in [5, 5.41) is 9.06. The topological polar surface area (TPSA) is 87.8 Å². The second-order valence-electron chi connectivity index (χ2n) is 9.17. The summed E-state index contributed by atoms with van der Waals surface area (Å²) in [4.78, 5) is 2.44. The molecular formula is C24H26FN7. The third kappa shape index (κ3) is 2.98. The Morgan fingerprint density at radius 2 is 1.84 bits per heavy atom. The molecule has 3 aliphatic rings. The van der Waals surface area contributed by atoms with Crippen LogP contribution in [0.1, 0.15) is 17.7 Å². The van der Waals surface area contributed by atoms with Crippen molar-refractivity contribution in [2.45, 2.75) is 13.0 Å². The smallest absolute Gasteiger partial charge is 0.190 e. The molecule has 3 aliphatic heterocycles. The molecule has 3 aromatic rings. The van der Waals surface area contributed by atoms with Crippen LogP contribution in [0.5, 0.6) is 0 Å². The lowest BCUT2D eigenvalue weighted by Crippen LogP contribution is -2.57. The van der Waals surface area contributed by atoms with Crippen LogP contribution >= 0.6 is 0 Å². The summed E-state index contributed by atoms with van der Waals surface area (Å²) in [6, 6.07) is 14.9. The highest BCUT2D eigenvalue weighted by Crippen LogP contribution is 2.40. The number of hydrogen-bond donors (Lipinski definition) is 3. The largest absolute Gasteiger partial charge is 0.370 e. The molecule has 5 N–H and O–H groups in total. The van der Waals surface area contributed by atoms with Gasteiger partial charge in [0, 0.05) is 49.0 Å². The summed E-state index contributed by atoms with van der Waals surface area (Å²) in [5.41, 5.74) is 6.37. The first-order valence-electron chi connectivity index (χ1n) is 10.9. The highest BCUT2D eigenvalue weighted by atomic mass is 19.1. The van der Waals surface area contributed by atoms with E-state index in [9.17, 15) is 4.39 Å². The monoisotopic (exact) mass is 431 g/mol. The zero-order valence-electron chi connectivity index (χ0n) is 17.8. The normalized spacial score (nSPS) is 20.2. The van der Waals surface area contributed by atoms with Gasteiger partial charge in [-0.3, -0.25) is 5.01 Å². The number of aromatic nitrogens is 1. The van der Waals surface area contributed by atoms with Gasteiger partial charge in [-0.15, -0.1) is 0 Å². The van der Waals surface area contributed by atoms with Gasteiger partial charge in [0.15, 0.2) is 5.84 Å². The maximum atomic E-state index is 13.4. The number of nitrogens with two attached hydrogens (primary N) is 2. The fraction of sp³-hybridized carbons (Fsp3) is 0.292. The Balaban J connectivity index is 1.36. The van der Waals surface area contributed by atoms with Gasteiger partial charge in [-0.1, -0.05) is 12.1 Å². The molecule has 164 valence electrons. The van der Waals surface area contributed by atoms with E-state index >= 15 is 0 Å². The molecule has 0 unspecified atom stereocenters. The summed E-state index contributed by atoms with van der Waals surface area (Å²) >= 11 is 0. The summed E-state index contributed by atoms with van der Waals surface area (Å²) in [6.45, 7) is 5.05. The number of amidine groups is 1. The molecule has 0 radical (unpaired) electrons. The number of anilines is 2. The van der Waals surface area contributed by atoms with Gasteiger partial charge in [-0.05, 0) is 60.5 Å². The summed E-state index contributed by atoms with van der Waals surface area (Å²) in [5.74, 6) is 12.5. The summed E-state index contributed by atoms with van der Waals surface area (Å²) in [7, 11) is 0. The van der Waals surface area contributed by atoms with Crippen LogP contribution in [-0.4, -0.2) is 36.6 Å². The minimum absolute atomic E-state index is 0.255. The SMILES string of the molecule is N/N=C1/c2cc(-c3ccc(F)cc3)cn2Cc2cc(N3CC4(CCNC4)C3)ccc2N1N. The third-order valence-corrected chi connectivity index (χ3v) is 7.07. The molecule has 8 heteroatoms. The third-order valence-electron chi connectivity index (χ3n) is 7.07. The average molecular weight is 432 g/mol. The second-order valence-corrected chi connectivity index (χ2v) is 9.17. The van der Waals surface area contributed by atoms with Crippen molar-refractivity contribution in [1.82, 2.24) is 9.88 Å². The van der Waals surface area contributed by atoms with E-state index in [1.807, 2.05) is 12.3 Å². The number of rotatable bonds is 2. The van der Waals surface area contributed by atoms with Gasteiger partial charge in [0.1, 0.15) is 5.82 Å². The molecular weight excluding hydrogens is 405 g/mol. The van der Waals surface area contributed by atoms with Gasteiger partial charge in [-0.25, -0.2) is 10.2 Å². The second kappa shape index (κ2) is 7.08. The van der Waals surface area contributed by atoms with E-state index in [4.69, 9.17) is 11.7 Å². The fourth-order valence-corrected chi connectivity index (χ4v) is 5.32. The lowest BCUT2D eigenvalue weighted by atomic mass is 9.79. The molecule has 1 aromatic heterocycles. The van der Waals surface area contributed by atoms with E-state index in [1.54, 1.807) is 17.1 Å². The minimum Gasteiger partial charge on any atom is -0.370 e. The summed E-state index contributed by atoms with van der Waals surface area (Å²) in [6.07, 6.45) is 3.30. The van der Waals surface area contributed by atoms with Crippen molar-refractivity contribution in [2.24, 2.45) is 22.2 Å². The van der Waals surface area contributed by atoms with Gasteiger partial charge in [-0.2, -0.15) is 5.10 Å². The Morgan fingerprint density at radius 1 is 1.03 bits per heavy atom. The number of benzene rings is 2. The van der Waals surface area contributed by atoms with Crippen molar-refractivity contribution in [1.29, 1.82) is 0 Å². The van der Waals surface area contributed by atoms with Crippen LogP contribution in [0.4, 0.5) is 15.8 Å². The molecule has 32 heavy (non-hydrogen) atoms. The van der Waals surface area contributed by atoms with Crippen LogP contribution < -0.4 is 26.9 Å². The van der Waals surface area contributed by atoms with Crippen molar-refractivity contribution in [3.63, 3.8) is 0 Å². The number of nitrogens with zero attached hydrogens (tertiary/aromatic N) is 4. The Bertz CT molecular complexity index is 1200. The van der Waals surface area contributed by atoms with E-state index in [0.29, 0.717) is 17.8 Å². The van der Waals surface area contributed by atoms with Crippen LogP contribution in [0.25, 0.3) is 11.1 Å². The molecule has 4 heterocycles. The van der Waals surface area contributed by atoms with Crippen LogP contribution in [0.3, 0.4) is 0 Å². The molecule has 2 saturated heterocycles. The fourth-order valence-electron chi connectivity index (χ4n) is 5.32. The Morgan fingerprint density at radius 3 is 2.56 bits per heavy atom. The van der Waals surface area contributed by atoms with Crippen molar-refractivity contribution in [3.05, 3.63) is 71.8 Å². The first kappa shape index (κ1) is 19.3. The lowest BCUT2D eigenvalue weighted by Gasteiger charge is -2.49. The average Bonchev–Trinajstić information content (AvgIpc) is 3.40. The zero-order valence-corrected chi connectivity index (χ0v) is 17.8. The van der Waals surface area contributed by atoms with Gasteiger partial charge in [0.25, 0.3) is 0 Å². The van der Waals surface area contributed by atoms with Crippen molar-refractivity contribution < 1.29 is 4.39 Å². The number of hydrazine groups is 1. The highest BCUT2D eigenvalue weighted by molar-refractivity contribution is 6.09. The first-order chi connectivity index (χ1) is 15.5. The van der Waals surface area contributed by atoms with E-state index in [-0.39, 0.29) is 5.82 Å². The first-order valence-corrected chi connectivity index (χ1v) is 10.9. The summed E-state index contributed by atoms with van der Waals surface area (Å²) < 4.78 is 15.5. The van der Waals surface area contributed by atoms with Gasteiger partial charge >= 0.3 is 0 Å². The highest BCUT2D eigenvalue weighted by Gasteiger charge is 2.45. The van der Waals surface area contributed by atoms with Gasteiger partial charge in [0.2, 0.25) is 0 Å². The molecule has 0 aliphatic carbocycles. The molecule has 0 amide bonds. The molecule has 0 atom stereocenters. The van der Waals surface area contributed by atoms with Crippen LogP contribution in [0.2, 0.25) is 0 Å². The number of halogens is 1. The van der Waals surface area contributed by atoms with Crippen LogP contribution in [0, 0.1) is 11.2 Å². The van der Waals surface area contributed by atoms with Crippen molar-refractivity contribution >= 4 is 17.2 Å². The molecule has 7 nitrogen and oxygen atoms in total. The predicted octanol–water partition coefficient (Wildman–Crippen LogP) is 2.46. The number of hydrazone groups is 1. The molecule has 1 spiro atoms. The lowest BCUT2D eigenvalue weighted by molar-refractivity contribution is 0.243. The van der Waals surface area contributed by atoms with Crippen LogP contribution in [-0.2, 0) is 6.54 Å². The van der Waals surface area contributed by atoms with Crippen LogP contribution in [0.15, 0.2) is 59.8 Å². The van der Waals surface area contributed by atoms with E-state index in [1.165, 1.54) is 24.2 Å². The Labute approximate surface area is 186 Å². The molecule has 0 bridgehead atoms. The maximum absolute atomic E-state index is 13.4. The van der Waals surface area contributed by atoms with E-state index in [0.717, 1.165) is 54.3 Å². The number of hydrogen-bond acceptors (Lipinski definition) is 5. The van der Waals surface area contributed by atoms with Gasteiger partial charge < -0.3 is 20.6 Å². The standard InChI is InChI=1S/C24H26FN7/c25-19-3-1-16(2-4-19)17-10-22-23(29-26)32(27)21-6-5-20(9-18(21)12-30(22)11-17)31-14-24(15-31)7-8-28-13-24/h1-6,9-11,28H,7-8,12-15,26-27H2/b29-23-. The Hall–Kier alpha value is -3.36. The van der Waals surface area contributed by atoms with E-state index < -0.39 is 0 Å². The number of fused-ring (bicyclic) bond motifs is 2. The molecule has 2 fully saturated rings. The van der Waals surface area contributed by atoms with Crippen molar-refractivity contribution in [2.75, 3.05) is 36.1 Å². The van der Waals surface area contributed by atoms with Gasteiger partial charge in [0.05, 0.1) is 11.4 Å².